The largest absolute Gasteiger partial charge is 0.387 e. The maximum Gasteiger partial charge on any atom is 0.245 e. The third-order valence-corrected chi connectivity index (χ3v) is 5.05. The Labute approximate surface area is 103 Å². The average molecular weight is 254 g/mol. The van der Waals surface area contributed by atoms with E-state index in [2.05, 4.69) is 5.32 Å². The molecule has 1 aromatic carbocycles. The lowest BCUT2D eigenvalue weighted by Gasteiger charge is -2.26. The lowest BCUT2D eigenvalue weighted by atomic mass is 10.2. The van der Waals surface area contributed by atoms with Crippen LogP contribution < -0.4 is 5.32 Å². The molecule has 94 valence electrons. The molecule has 0 aliphatic carbocycles. The van der Waals surface area contributed by atoms with Crippen LogP contribution in [0.5, 0.6) is 0 Å². The number of piperidine rings is 1. The molecule has 0 radical (unpaired) electrons. The fraction of sp³-hybridized carbons (Fsp3) is 0.500. The standard InChI is InChI=1S/C12H18N2O2S/c1-13-11-7-3-4-8-12(11)17(15,16)14-9-5-2-6-10-14/h3-4,7-8,13H,2,5-6,9-10H2,1H3. The van der Waals surface area contributed by atoms with Crippen LogP contribution in [-0.4, -0.2) is 32.9 Å². The second kappa shape index (κ2) is 5.06. The second-order valence-electron chi connectivity index (χ2n) is 4.21. The van der Waals surface area contributed by atoms with E-state index in [1.165, 1.54) is 0 Å². The van der Waals surface area contributed by atoms with Gasteiger partial charge in [-0.2, -0.15) is 4.31 Å². The number of anilines is 1. The Hall–Kier alpha value is -1.07. The van der Waals surface area contributed by atoms with Crippen LogP contribution in [0.25, 0.3) is 0 Å². The Bertz CT molecular complexity index is 479. The van der Waals surface area contributed by atoms with Crippen molar-refractivity contribution < 1.29 is 8.42 Å². The molecule has 0 aromatic heterocycles. The molecular weight excluding hydrogens is 236 g/mol. The van der Waals surface area contributed by atoms with E-state index in [4.69, 9.17) is 0 Å². The summed E-state index contributed by atoms with van der Waals surface area (Å²) in [4.78, 5) is 0.379. The minimum atomic E-state index is -3.33. The molecular formula is C12H18N2O2S. The number of benzene rings is 1. The van der Waals surface area contributed by atoms with Gasteiger partial charge >= 0.3 is 0 Å². The maximum atomic E-state index is 12.5. The third-order valence-electron chi connectivity index (χ3n) is 3.09. The van der Waals surface area contributed by atoms with Crippen molar-refractivity contribution in [1.82, 2.24) is 4.31 Å². The molecule has 0 spiro atoms. The van der Waals surface area contributed by atoms with E-state index in [0.29, 0.717) is 23.7 Å². The average Bonchev–Trinajstić information content (AvgIpc) is 2.39. The summed E-state index contributed by atoms with van der Waals surface area (Å²) in [7, 11) is -1.59. The normalized spacial score (nSPS) is 17.9. The monoisotopic (exact) mass is 254 g/mol. The molecule has 1 aliphatic rings. The molecule has 0 atom stereocenters. The smallest absolute Gasteiger partial charge is 0.245 e. The van der Waals surface area contributed by atoms with Gasteiger partial charge in [-0.15, -0.1) is 0 Å². The first-order chi connectivity index (χ1) is 8.16. The summed E-state index contributed by atoms with van der Waals surface area (Å²) < 4.78 is 26.5. The second-order valence-corrected chi connectivity index (χ2v) is 6.12. The molecule has 1 saturated heterocycles. The van der Waals surface area contributed by atoms with Crippen LogP contribution in [0.1, 0.15) is 19.3 Å². The first-order valence-electron chi connectivity index (χ1n) is 5.93. The summed E-state index contributed by atoms with van der Waals surface area (Å²) in [5.41, 5.74) is 0.665. The van der Waals surface area contributed by atoms with Gasteiger partial charge in [0.15, 0.2) is 0 Å². The Kier molecular flexibility index (Phi) is 3.69. The highest BCUT2D eigenvalue weighted by Crippen LogP contribution is 2.26. The van der Waals surface area contributed by atoms with Gasteiger partial charge in [0.05, 0.1) is 5.69 Å². The molecule has 0 bridgehead atoms. The van der Waals surface area contributed by atoms with E-state index in [0.717, 1.165) is 19.3 Å². The molecule has 1 heterocycles. The Balaban J connectivity index is 2.36. The highest BCUT2D eigenvalue weighted by Gasteiger charge is 2.27. The highest BCUT2D eigenvalue weighted by atomic mass is 32.2. The molecule has 0 saturated carbocycles. The quantitative estimate of drug-likeness (QED) is 0.896. The van der Waals surface area contributed by atoms with Gasteiger partial charge in [0, 0.05) is 20.1 Å². The molecule has 1 aromatic rings. The van der Waals surface area contributed by atoms with E-state index < -0.39 is 10.0 Å². The van der Waals surface area contributed by atoms with Crippen LogP contribution in [0.2, 0.25) is 0 Å². The van der Waals surface area contributed by atoms with Gasteiger partial charge in [-0.1, -0.05) is 18.6 Å². The van der Waals surface area contributed by atoms with Crippen molar-refractivity contribution >= 4 is 15.7 Å². The SMILES string of the molecule is CNc1ccccc1S(=O)(=O)N1CCCCC1. The first kappa shape index (κ1) is 12.4. The maximum absolute atomic E-state index is 12.5. The number of nitrogens with one attached hydrogen (secondary N) is 1. The van der Waals surface area contributed by atoms with Crippen molar-refractivity contribution in [3.05, 3.63) is 24.3 Å². The van der Waals surface area contributed by atoms with E-state index in [9.17, 15) is 8.42 Å². The number of nitrogens with zero attached hydrogens (tertiary/aromatic N) is 1. The van der Waals surface area contributed by atoms with Gasteiger partial charge in [-0.05, 0) is 25.0 Å². The summed E-state index contributed by atoms with van der Waals surface area (Å²) in [6.45, 7) is 1.28. The van der Waals surface area contributed by atoms with Crippen molar-refractivity contribution in [3.63, 3.8) is 0 Å². The predicted octanol–water partition coefficient (Wildman–Crippen LogP) is 1.90. The summed E-state index contributed by atoms with van der Waals surface area (Å²) >= 11 is 0. The van der Waals surface area contributed by atoms with Crippen molar-refractivity contribution in [2.45, 2.75) is 24.2 Å². The number of sulfonamides is 1. The van der Waals surface area contributed by atoms with Gasteiger partial charge in [0.1, 0.15) is 4.90 Å². The molecule has 1 aliphatic heterocycles. The Morgan fingerprint density at radius 1 is 1.12 bits per heavy atom. The highest BCUT2D eigenvalue weighted by molar-refractivity contribution is 7.89. The zero-order valence-electron chi connectivity index (χ0n) is 10.0. The third kappa shape index (κ3) is 2.45. The molecule has 1 fully saturated rings. The summed E-state index contributed by atoms with van der Waals surface area (Å²) in [5.74, 6) is 0. The molecule has 0 amide bonds. The number of hydrogen-bond donors (Lipinski definition) is 1. The lowest BCUT2D eigenvalue weighted by molar-refractivity contribution is 0.347. The molecule has 17 heavy (non-hydrogen) atoms. The summed E-state index contributed by atoms with van der Waals surface area (Å²) in [5, 5.41) is 2.93. The van der Waals surface area contributed by atoms with Gasteiger partial charge in [0.2, 0.25) is 10.0 Å². The molecule has 2 rings (SSSR count). The molecule has 5 heteroatoms. The fourth-order valence-corrected chi connectivity index (χ4v) is 3.86. The van der Waals surface area contributed by atoms with Crippen molar-refractivity contribution in [1.29, 1.82) is 0 Å². The van der Waals surface area contributed by atoms with Crippen LogP contribution in [-0.2, 0) is 10.0 Å². The zero-order chi connectivity index (χ0) is 12.3. The lowest BCUT2D eigenvalue weighted by Crippen LogP contribution is -2.35. The van der Waals surface area contributed by atoms with Crippen molar-refractivity contribution in [2.75, 3.05) is 25.5 Å². The van der Waals surface area contributed by atoms with E-state index in [1.807, 2.05) is 6.07 Å². The number of hydrogen-bond acceptors (Lipinski definition) is 3. The number of para-hydroxylation sites is 1. The molecule has 4 nitrogen and oxygen atoms in total. The van der Waals surface area contributed by atoms with Gasteiger partial charge in [0.25, 0.3) is 0 Å². The summed E-state index contributed by atoms with van der Waals surface area (Å²) in [6.07, 6.45) is 3.04. The van der Waals surface area contributed by atoms with Crippen LogP contribution in [0.4, 0.5) is 5.69 Å². The van der Waals surface area contributed by atoms with Crippen LogP contribution in [0, 0.1) is 0 Å². The number of rotatable bonds is 3. The predicted molar refractivity (Wildman–Crippen MR) is 68.6 cm³/mol. The van der Waals surface area contributed by atoms with Crippen molar-refractivity contribution in [3.8, 4) is 0 Å². The van der Waals surface area contributed by atoms with Gasteiger partial charge in [-0.3, -0.25) is 0 Å². The van der Waals surface area contributed by atoms with Gasteiger partial charge in [-0.25, -0.2) is 8.42 Å². The Morgan fingerprint density at radius 3 is 2.41 bits per heavy atom. The zero-order valence-corrected chi connectivity index (χ0v) is 10.8. The van der Waals surface area contributed by atoms with Crippen molar-refractivity contribution in [2.24, 2.45) is 0 Å². The van der Waals surface area contributed by atoms with Crippen LogP contribution in [0.3, 0.4) is 0 Å². The van der Waals surface area contributed by atoms with Crippen LogP contribution >= 0.6 is 0 Å². The fourth-order valence-electron chi connectivity index (χ4n) is 2.14. The topological polar surface area (TPSA) is 49.4 Å². The van der Waals surface area contributed by atoms with Gasteiger partial charge < -0.3 is 5.32 Å². The summed E-state index contributed by atoms with van der Waals surface area (Å²) in [6, 6.07) is 7.05. The van der Waals surface area contributed by atoms with E-state index in [1.54, 1.807) is 29.6 Å². The molecule has 1 N–H and O–H groups in total. The Morgan fingerprint density at radius 2 is 1.76 bits per heavy atom. The van der Waals surface area contributed by atoms with E-state index >= 15 is 0 Å². The minimum Gasteiger partial charge on any atom is -0.387 e. The first-order valence-corrected chi connectivity index (χ1v) is 7.37. The van der Waals surface area contributed by atoms with E-state index in [-0.39, 0.29) is 0 Å². The molecule has 0 unspecified atom stereocenters. The van der Waals surface area contributed by atoms with Crippen LogP contribution in [0.15, 0.2) is 29.2 Å². The minimum absolute atomic E-state index is 0.379.